The zero-order valence-corrected chi connectivity index (χ0v) is 54.1. The largest absolute Gasteiger partial charge is 0.508 e. The fourth-order valence-electron chi connectivity index (χ4n) is 17.5. The van der Waals surface area contributed by atoms with Crippen molar-refractivity contribution in [3.63, 3.8) is 0 Å². The summed E-state index contributed by atoms with van der Waals surface area (Å²) in [5.41, 5.74) is 10.2. The number of aromatic hydroxyl groups is 15. The van der Waals surface area contributed by atoms with E-state index in [-0.39, 0.29) is 86.2 Å². The Morgan fingerprint density at radius 1 is 0.194 bits per heavy atom. The van der Waals surface area contributed by atoms with Crippen LogP contribution in [0.5, 0.6) is 103 Å². The summed E-state index contributed by atoms with van der Waals surface area (Å²) >= 11 is 0. The van der Waals surface area contributed by atoms with Crippen molar-refractivity contribution < 1.29 is 95.9 Å². The van der Waals surface area contributed by atoms with E-state index in [4.69, 9.17) is 14.2 Å². The number of phenols is 15. The maximum absolute atomic E-state index is 12.5. The van der Waals surface area contributed by atoms with Crippen LogP contribution >= 0.6 is 0 Å². The van der Waals surface area contributed by atoms with E-state index in [9.17, 15) is 81.7 Å². The molecule has 0 unspecified atom stereocenters. The minimum absolute atomic E-state index is 0.0182. The van der Waals surface area contributed by atoms with Crippen molar-refractivity contribution in [3.8, 4) is 103 Å². The van der Waals surface area contributed by atoms with Gasteiger partial charge in [-0.15, -0.1) is 0 Å². The fraction of sp³-hybridized carbons (Fsp3) is 0.143. The third-order valence-corrected chi connectivity index (χ3v) is 21.4. The Hall–Kier alpha value is -13.0. The topological polar surface area (TPSA) is 351 Å². The first-order valence-electron chi connectivity index (χ1n) is 33.3. The quantitative estimate of drug-likeness (QED) is 0.0705. The van der Waals surface area contributed by atoms with Crippen LogP contribution in [0.25, 0.3) is 0 Å². The predicted molar refractivity (Wildman–Crippen MR) is 374 cm³/mol. The standard InChI is InChI=1S/C56H42O12.C28H22O7/c57-29-9-1-25(2-10-29)45-47-37(17-33(61)21-41(47)65)53-49-39(19-35(63)23-43(49)67-55(53)27-5-13-31(59)14-6-27)51(45)52-40-20-36(64)24-44-50(40)54(56(68-44)28-7-15-32(60)16-8-28)38-18-34(62)22-42(66)48(38)46(52)26-3-11-30(58)12-4-26;29-15-5-1-13(2-6-15)23-24-19(9-17(31)11-21(24)33)26-25-20(27(23)34)10-18(32)12-22(25)35-28(26)14-3-7-16(30)8-4-14/h1-24,45-46,51-66H;1-12,23,26-34H/t45-,46-,51-,52-,53-,54-,55+,56+;23-,26-,27-,28+/m11/s1. The van der Waals surface area contributed by atoms with Crippen molar-refractivity contribution in [2.45, 2.75) is 71.8 Å². The molecule has 0 spiro atoms. The van der Waals surface area contributed by atoms with Gasteiger partial charge < -0.3 is 95.9 Å². The molecule has 3 heterocycles. The SMILES string of the molecule is Oc1ccc([C@@H]2c3c(O)cc(O)cc3[C@@H]3c4c(cc(O)cc4[C@H]2O)O[C@H]3c2ccc(O)cc2)cc1.Oc1ccc([C@@H]2c3c(O)cc(O)cc3[C@@H]3c4c(cc(O)cc4[C@H]2[C@@H]2c4cc(O)cc5c4[C@@H](c4cc(O)cc(O)c4[C@H]2c2ccc(O)cc2)[C@H](c2ccc(O)cc2)O5)O[C@H]3c2ccc(O)cc2)cc1. The van der Waals surface area contributed by atoms with E-state index in [0.29, 0.717) is 112 Å². The molecule has 3 aliphatic heterocycles. The summed E-state index contributed by atoms with van der Waals surface area (Å²) in [5.74, 6) is -6.84. The highest BCUT2D eigenvalue weighted by Gasteiger charge is 2.56. The maximum atomic E-state index is 12.5. The lowest BCUT2D eigenvalue weighted by Gasteiger charge is -2.40. The Bertz CT molecular complexity index is 5170. The molecule has 12 aromatic rings. The first-order chi connectivity index (χ1) is 49.6. The van der Waals surface area contributed by atoms with Crippen molar-refractivity contribution in [1.82, 2.24) is 0 Å². The van der Waals surface area contributed by atoms with Crippen LogP contribution in [-0.2, 0) is 0 Å². The van der Waals surface area contributed by atoms with Gasteiger partial charge in [-0.05, 0) is 176 Å². The lowest BCUT2D eigenvalue weighted by atomic mass is 9.62. The van der Waals surface area contributed by atoms with Gasteiger partial charge >= 0.3 is 0 Å². The van der Waals surface area contributed by atoms with E-state index in [1.54, 1.807) is 164 Å². The van der Waals surface area contributed by atoms with Crippen molar-refractivity contribution in [2.24, 2.45) is 0 Å². The highest BCUT2D eigenvalue weighted by Crippen LogP contribution is 2.70. The number of benzene rings is 12. The molecule has 12 aromatic carbocycles. The lowest BCUT2D eigenvalue weighted by molar-refractivity contribution is 0.157. The molecule has 0 amide bonds. The molecule has 16 N–H and O–H groups in total. The van der Waals surface area contributed by atoms with Crippen LogP contribution in [0, 0.1) is 0 Å². The fourth-order valence-corrected chi connectivity index (χ4v) is 17.5. The normalized spacial score (nSPS) is 22.5. The second kappa shape index (κ2) is 23.8. The molecule has 19 heteroatoms. The Morgan fingerprint density at radius 2 is 0.417 bits per heavy atom. The van der Waals surface area contributed by atoms with Crippen molar-refractivity contribution >= 4 is 0 Å². The van der Waals surface area contributed by atoms with Crippen molar-refractivity contribution in [3.05, 3.63) is 319 Å². The van der Waals surface area contributed by atoms with Crippen LogP contribution in [0.1, 0.15) is 172 Å². The van der Waals surface area contributed by atoms with Crippen LogP contribution in [0.3, 0.4) is 0 Å². The zero-order chi connectivity index (χ0) is 71.3. The average molecular weight is 1380 g/mol. The number of hydrogen-bond donors (Lipinski definition) is 16. The average Bonchev–Trinajstić information content (AvgIpc) is 1.54. The molecule has 0 fully saturated rings. The summed E-state index contributed by atoms with van der Waals surface area (Å²) in [7, 11) is 0. The third kappa shape index (κ3) is 10.4. The number of fused-ring (bicyclic) bond motifs is 6. The Morgan fingerprint density at radius 3 is 0.709 bits per heavy atom. The molecule has 12 atom stereocenters. The van der Waals surface area contributed by atoms with Crippen LogP contribution in [0.4, 0.5) is 0 Å². The van der Waals surface area contributed by atoms with E-state index in [1.165, 1.54) is 54.6 Å². The molecular formula is C84H64O19. The summed E-state index contributed by atoms with van der Waals surface area (Å²) in [6.07, 6.45) is -3.42. The van der Waals surface area contributed by atoms with E-state index in [0.717, 1.165) is 5.56 Å². The number of hydrogen-bond acceptors (Lipinski definition) is 19. The van der Waals surface area contributed by atoms with Gasteiger partial charge in [-0.25, -0.2) is 0 Å². The number of phenolic OH excluding ortho intramolecular Hbond substituents is 15. The summed E-state index contributed by atoms with van der Waals surface area (Å²) in [6.45, 7) is 0. The van der Waals surface area contributed by atoms with Crippen molar-refractivity contribution in [1.29, 1.82) is 0 Å². The molecule has 6 aliphatic rings. The van der Waals surface area contributed by atoms with Gasteiger partial charge in [0.15, 0.2) is 0 Å². The van der Waals surface area contributed by atoms with Crippen LogP contribution in [0.15, 0.2) is 218 Å². The highest BCUT2D eigenvalue weighted by molar-refractivity contribution is 5.72. The van der Waals surface area contributed by atoms with Crippen LogP contribution < -0.4 is 14.2 Å². The molecule has 0 radical (unpaired) electrons. The second-order valence-corrected chi connectivity index (χ2v) is 27.3. The summed E-state index contributed by atoms with van der Waals surface area (Å²) < 4.78 is 20.0. The van der Waals surface area contributed by atoms with Gasteiger partial charge in [0.05, 0.1) is 23.9 Å². The minimum atomic E-state index is -1.18. The molecular weight excluding hydrogens is 1310 g/mol. The Kier molecular flexibility index (Phi) is 14.7. The summed E-state index contributed by atoms with van der Waals surface area (Å²) in [4.78, 5) is 0. The van der Waals surface area contributed by atoms with Gasteiger partial charge in [0.25, 0.3) is 0 Å². The molecule has 0 bridgehead atoms. The zero-order valence-electron chi connectivity index (χ0n) is 54.1. The number of ether oxygens (including phenoxy) is 3. The minimum Gasteiger partial charge on any atom is -0.508 e. The smallest absolute Gasteiger partial charge is 0.135 e. The van der Waals surface area contributed by atoms with Gasteiger partial charge in [0.1, 0.15) is 122 Å². The third-order valence-electron chi connectivity index (χ3n) is 21.4. The van der Waals surface area contributed by atoms with E-state index in [2.05, 4.69) is 0 Å². The first-order valence-corrected chi connectivity index (χ1v) is 33.3. The van der Waals surface area contributed by atoms with Gasteiger partial charge in [0.2, 0.25) is 0 Å². The van der Waals surface area contributed by atoms with Crippen LogP contribution in [0.2, 0.25) is 0 Å². The molecule has 0 saturated heterocycles. The summed E-state index contributed by atoms with van der Waals surface area (Å²) in [5, 5.41) is 177. The van der Waals surface area contributed by atoms with Gasteiger partial charge in [0, 0.05) is 99.4 Å². The molecule has 3 aliphatic carbocycles. The van der Waals surface area contributed by atoms with E-state index < -0.39 is 71.8 Å². The second-order valence-electron chi connectivity index (χ2n) is 27.3. The number of aliphatic hydroxyl groups is 1. The molecule has 19 nitrogen and oxygen atoms in total. The van der Waals surface area contributed by atoms with Crippen LogP contribution in [-0.4, -0.2) is 81.7 Å². The Balaban J connectivity index is 0.000000188. The number of rotatable bonds is 7. The molecule has 18 rings (SSSR count). The highest BCUT2D eigenvalue weighted by atomic mass is 16.5. The van der Waals surface area contributed by atoms with E-state index in [1.807, 2.05) is 0 Å². The predicted octanol–water partition coefficient (Wildman–Crippen LogP) is 15.1. The lowest BCUT2D eigenvalue weighted by Crippen LogP contribution is -2.26. The monoisotopic (exact) mass is 1380 g/mol. The molecule has 0 saturated carbocycles. The summed E-state index contributed by atoms with van der Waals surface area (Å²) in [6, 6.07) is 57.1. The number of aliphatic hydroxyl groups excluding tert-OH is 1. The van der Waals surface area contributed by atoms with Gasteiger partial charge in [-0.1, -0.05) is 72.8 Å². The molecule has 0 aromatic heterocycles. The van der Waals surface area contributed by atoms with Gasteiger partial charge in [-0.2, -0.15) is 0 Å². The molecule has 514 valence electrons. The van der Waals surface area contributed by atoms with E-state index >= 15 is 0 Å². The maximum Gasteiger partial charge on any atom is 0.135 e. The Labute approximate surface area is 586 Å². The van der Waals surface area contributed by atoms with Gasteiger partial charge in [-0.3, -0.25) is 0 Å². The first kappa shape index (κ1) is 63.4. The van der Waals surface area contributed by atoms with Crippen molar-refractivity contribution in [2.75, 3.05) is 0 Å². The molecule has 103 heavy (non-hydrogen) atoms.